The van der Waals surface area contributed by atoms with E-state index in [9.17, 15) is 14.4 Å². The monoisotopic (exact) mass is 268 g/mol. The van der Waals surface area contributed by atoms with Gasteiger partial charge in [0.05, 0.1) is 19.4 Å². The Balaban J connectivity index is 3.05. The molecule has 0 N–H and O–H groups in total. The first-order valence-electron chi connectivity index (χ1n) is 6.32. The van der Waals surface area contributed by atoms with Crippen molar-refractivity contribution in [1.82, 2.24) is 0 Å². The van der Waals surface area contributed by atoms with Crippen LogP contribution < -0.4 is 0 Å². The van der Waals surface area contributed by atoms with Crippen LogP contribution in [0.25, 0.3) is 0 Å². The maximum Gasteiger partial charge on any atom is 0.310 e. The van der Waals surface area contributed by atoms with Gasteiger partial charge in [-0.2, -0.15) is 0 Å². The molecule has 0 saturated heterocycles. The number of Topliss-reactive ketones (excluding diaryl/α,β-unsaturated/α-hetero) is 2. The summed E-state index contributed by atoms with van der Waals surface area (Å²) in [6, 6.07) is 0. The molecular weight excluding hydrogens is 248 g/mol. The van der Waals surface area contributed by atoms with Gasteiger partial charge in [-0.25, -0.2) is 0 Å². The van der Waals surface area contributed by atoms with E-state index in [2.05, 4.69) is 0 Å². The van der Waals surface area contributed by atoms with Gasteiger partial charge in [0.1, 0.15) is 5.76 Å². The maximum absolute atomic E-state index is 12.2. The number of hydrogen-bond donors (Lipinski definition) is 0. The van der Waals surface area contributed by atoms with Gasteiger partial charge in [-0.3, -0.25) is 14.4 Å². The average molecular weight is 268 g/mol. The van der Waals surface area contributed by atoms with Crippen LogP contribution in [0.2, 0.25) is 0 Å². The van der Waals surface area contributed by atoms with Crippen LogP contribution in [-0.4, -0.2) is 30.2 Å². The van der Waals surface area contributed by atoms with Crippen LogP contribution in [0.4, 0.5) is 0 Å². The summed E-state index contributed by atoms with van der Waals surface area (Å²) >= 11 is 0. The average Bonchev–Trinajstić information content (AvgIpc) is 2.39. The Bertz CT molecular complexity index is 449. The second-order valence-electron chi connectivity index (χ2n) is 4.95. The highest BCUT2D eigenvalue weighted by molar-refractivity contribution is 6.20. The van der Waals surface area contributed by atoms with Crippen molar-refractivity contribution in [2.45, 2.75) is 46.1 Å². The van der Waals surface area contributed by atoms with E-state index in [1.54, 1.807) is 13.8 Å². The first kappa shape index (κ1) is 15.4. The van der Waals surface area contributed by atoms with Gasteiger partial charge < -0.3 is 9.47 Å². The van der Waals surface area contributed by atoms with Gasteiger partial charge in [-0.1, -0.05) is 13.8 Å². The molecule has 1 aliphatic carbocycles. The van der Waals surface area contributed by atoms with Crippen LogP contribution >= 0.6 is 0 Å². The summed E-state index contributed by atoms with van der Waals surface area (Å²) < 4.78 is 10.2. The predicted molar refractivity (Wildman–Crippen MR) is 68.3 cm³/mol. The van der Waals surface area contributed by atoms with Gasteiger partial charge in [0.15, 0.2) is 5.78 Å². The summed E-state index contributed by atoms with van der Waals surface area (Å²) in [5, 5.41) is 0. The zero-order chi connectivity index (χ0) is 14.8. The third-order valence-corrected chi connectivity index (χ3v) is 3.61. The molecule has 0 amide bonds. The van der Waals surface area contributed by atoms with E-state index >= 15 is 0 Å². The molecule has 2 atom stereocenters. The van der Waals surface area contributed by atoms with Crippen molar-refractivity contribution in [2.24, 2.45) is 5.92 Å². The highest BCUT2D eigenvalue weighted by Crippen LogP contribution is 2.30. The molecule has 0 aliphatic heterocycles. The van der Waals surface area contributed by atoms with E-state index in [0.717, 1.165) is 0 Å². The summed E-state index contributed by atoms with van der Waals surface area (Å²) in [6.07, 6.45) is 0.563. The van der Waals surface area contributed by atoms with Gasteiger partial charge >= 0.3 is 5.97 Å². The Labute approximate surface area is 112 Å². The number of ketones is 2. The molecule has 19 heavy (non-hydrogen) atoms. The molecule has 0 radical (unpaired) electrons. The molecular formula is C14H20O5. The van der Waals surface area contributed by atoms with E-state index < -0.39 is 23.1 Å². The topological polar surface area (TPSA) is 69.7 Å². The Hall–Kier alpha value is -1.65. The minimum atomic E-state index is -1.72. The van der Waals surface area contributed by atoms with E-state index in [0.29, 0.717) is 17.8 Å². The highest BCUT2D eigenvalue weighted by Gasteiger charge is 2.49. The number of ether oxygens (including phenoxy) is 2. The SMILES string of the molecule is CCC(C)C(=O)O[C@]1(C)C(=O)CC(OC)=C(C)C1=O. The van der Waals surface area contributed by atoms with Gasteiger partial charge in [0.2, 0.25) is 11.4 Å². The zero-order valence-corrected chi connectivity index (χ0v) is 12.0. The lowest BCUT2D eigenvalue weighted by Crippen LogP contribution is -2.51. The molecule has 0 spiro atoms. The van der Waals surface area contributed by atoms with Crippen molar-refractivity contribution in [3.8, 4) is 0 Å². The molecule has 1 aliphatic rings. The second kappa shape index (κ2) is 5.55. The maximum atomic E-state index is 12.2. The largest absolute Gasteiger partial charge is 0.500 e. The van der Waals surface area contributed by atoms with E-state index in [-0.39, 0.29) is 12.3 Å². The van der Waals surface area contributed by atoms with Gasteiger partial charge in [0.25, 0.3) is 0 Å². The molecule has 0 aromatic heterocycles. The van der Waals surface area contributed by atoms with E-state index in [1.165, 1.54) is 14.0 Å². The Morgan fingerprint density at radius 2 is 2.00 bits per heavy atom. The van der Waals surface area contributed by atoms with Crippen LogP contribution in [0.1, 0.15) is 40.5 Å². The molecule has 0 aromatic rings. The standard InChI is InChI=1S/C14H20O5/c1-6-8(2)13(17)19-14(4)11(15)7-10(18-5)9(3)12(14)16/h8H,6-7H2,1-5H3/t8?,14-/m1/s1. The number of esters is 1. The second-order valence-corrected chi connectivity index (χ2v) is 4.95. The summed E-state index contributed by atoms with van der Waals surface area (Å²) in [5.41, 5.74) is -1.38. The Morgan fingerprint density at radius 1 is 1.42 bits per heavy atom. The fraction of sp³-hybridized carbons (Fsp3) is 0.643. The summed E-state index contributed by atoms with van der Waals surface area (Å²) in [7, 11) is 1.41. The lowest BCUT2D eigenvalue weighted by Gasteiger charge is -2.32. The minimum absolute atomic E-state index is 0.0294. The molecule has 0 aromatic carbocycles. The highest BCUT2D eigenvalue weighted by atomic mass is 16.6. The number of allylic oxidation sites excluding steroid dienone is 1. The van der Waals surface area contributed by atoms with E-state index in [1.807, 2.05) is 6.92 Å². The van der Waals surface area contributed by atoms with Crippen LogP contribution in [0.15, 0.2) is 11.3 Å². The van der Waals surface area contributed by atoms with Gasteiger partial charge in [0, 0.05) is 5.57 Å². The molecule has 0 bridgehead atoms. The molecule has 0 saturated carbocycles. The molecule has 5 nitrogen and oxygen atoms in total. The van der Waals surface area contributed by atoms with Gasteiger partial charge in [-0.05, 0) is 20.3 Å². The van der Waals surface area contributed by atoms with Crippen LogP contribution in [-0.2, 0) is 23.9 Å². The van der Waals surface area contributed by atoms with Crippen LogP contribution in [0, 0.1) is 5.92 Å². The minimum Gasteiger partial charge on any atom is -0.500 e. The van der Waals surface area contributed by atoms with Gasteiger partial charge in [-0.15, -0.1) is 0 Å². The van der Waals surface area contributed by atoms with Crippen molar-refractivity contribution < 1.29 is 23.9 Å². The lowest BCUT2D eigenvalue weighted by atomic mass is 9.82. The van der Waals surface area contributed by atoms with Crippen molar-refractivity contribution in [3.63, 3.8) is 0 Å². The first-order chi connectivity index (χ1) is 8.77. The van der Waals surface area contributed by atoms with E-state index in [4.69, 9.17) is 9.47 Å². The number of hydrogen-bond acceptors (Lipinski definition) is 5. The van der Waals surface area contributed by atoms with Crippen molar-refractivity contribution in [1.29, 1.82) is 0 Å². The normalized spacial score (nSPS) is 25.3. The Kier molecular flexibility index (Phi) is 4.50. The third kappa shape index (κ3) is 2.69. The fourth-order valence-electron chi connectivity index (χ4n) is 1.86. The molecule has 0 fully saturated rings. The number of carbonyl (C=O) groups excluding carboxylic acids is 3. The molecule has 1 unspecified atom stereocenters. The predicted octanol–water partition coefficient (Wildman–Crippen LogP) is 1.80. The zero-order valence-electron chi connectivity index (χ0n) is 12.0. The third-order valence-electron chi connectivity index (χ3n) is 3.61. The lowest BCUT2D eigenvalue weighted by molar-refractivity contribution is -0.174. The Morgan fingerprint density at radius 3 is 2.47 bits per heavy atom. The van der Waals surface area contributed by atoms with Crippen LogP contribution in [0.5, 0.6) is 0 Å². The molecule has 1 rings (SSSR count). The quantitative estimate of drug-likeness (QED) is 0.574. The summed E-state index contributed by atoms with van der Waals surface area (Å²) in [4.78, 5) is 36.1. The number of methoxy groups -OCH3 is 1. The smallest absolute Gasteiger partial charge is 0.310 e. The number of rotatable bonds is 4. The van der Waals surface area contributed by atoms with Crippen molar-refractivity contribution >= 4 is 17.5 Å². The first-order valence-corrected chi connectivity index (χ1v) is 6.32. The van der Waals surface area contributed by atoms with Crippen molar-refractivity contribution in [2.75, 3.05) is 7.11 Å². The summed E-state index contributed by atoms with van der Waals surface area (Å²) in [5.74, 6) is -1.48. The number of carbonyl (C=O) groups is 3. The van der Waals surface area contributed by atoms with Crippen LogP contribution in [0.3, 0.4) is 0 Å². The molecule has 0 heterocycles. The fourth-order valence-corrected chi connectivity index (χ4v) is 1.86. The summed E-state index contributed by atoms with van der Waals surface area (Å²) in [6.45, 7) is 6.47. The molecule has 106 valence electrons. The molecule has 5 heteroatoms. The van der Waals surface area contributed by atoms with Crippen molar-refractivity contribution in [3.05, 3.63) is 11.3 Å².